The van der Waals surface area contributed by atoms with Crippen molar-refractivity contribution >= 4 is 11.1 Å². The summed E-state index contributed by atoms with van der Waals surface area (Å²) in [7, 11) is 0. The van der Waals surface area contributed by atoms with Gasteiger partial charge in [0.2, 0.25) is 0 Å². The third-order valence-corrected chi connectivity index (χ3v) is 2.47. The van der Waals surface area contributed by atoms with E-state index in [1.165, 1.54) is 0 Å². The monoisotopic (exact) mass is 174 g/mol. The van der Waals surface area contributed by atoms with Gasteiger partial charge in [0.1, 0.15) is 5.52 Å². The second-order valence-corrected chi connectivity index (χ2v) is 3.53. The van der Waals surface area contributed by atoms with Crippen molar-refractivity contribution in [3.63, 3.8) is 0 Å². The minimum atomic E-state index is 0.257. The summed E-state index contributed by atoms with van der Waals surface area (Å²) >= 11 is 0. The van der Waals surface area contributed by atoms with Crippen LogP contribution in [0.15, 0.2) is 28.7 Å². The highest BCUT2D eigenvalue weighted by atomic mass is 16.3. The number of fused-ring (bicyclic) bond motifs is 1. The normalized spacial score (nSPS) is 26.5. The predicted octanol–water partition coefficient (Wildman–Crippen LogP) is 1.64. The van der Waals surface area contributed by atoms with Crippen LogP contribution in [-0.4, -0.2) is 11.0 Å². The molecule has 1 heterocycles. The third-order valence-electron chi connectivity index (χ3n) is 2.47. The lowest BCUT2D eigenvalue weighted by molar-refractivity contribution is 0.529. The molecule has 2 atom stereocenters. The highest BCUT2D eigenvalue weighted by molar-refractivity contribution is 5.72. The summed E-state index contributed by atoms with van der Waals surface area (Å²) in [5.74, 6) is 1.15. The van der Waals surface area contributed by atoms with Crippen LogP contribution in [0, 0.1) is 0 Å². The zero-order chi connectivity index (χ0) is 8.84. The first-order chi connectivity index (χ1) is 6.34. The van der Waals surface area contributed by atoms with E-state index >= 15 is 0 Å². The Morgan fingerprint density at radius 1 is 1.38 bits per heavy atom. The van der Waals surface area contributed by atoms with Crippen LogP contribution in [0.2, 0.25) is 0 Å². The van der Waals surface area contributed by atoms with Crippen molar-refractivity contribution in [2.75, 3.05) is 0 Å². The van der Waals surface area contributed by atoms with Gasteiger partial charge in [-0.25, -0.2) is 4.98 Å². The highest BCUT2D eigenvalue weighted by Gasteiger charge is 2.39. The topological polar surface area (TPSA) is 52.0 Å². The molecule has 1 saturated carbocycles. The number of oxazole rings is 1. The smallest absolute Gasteiger partial charge is 0.200 e. The van der Waals surface area contributed by atoms with Gasteiger partial charge in [-0.3, -0.25) is 0 Å². The van der Waals surface area contributed by atoms with Crippen molar-refractivity contribution in [3.8, 4) is 0 Å². The van der Waals surface area contributed by atoms with Crippen molar-refractivity contribution in [2.45, 2.75) is 18.4 Å². The van der Waals surface area contributed by atoms with Gasteiger partial charge in [-0.2, -0.15) is 0 Å². The maximum atomic E-state index is 5.72. The van der Waals surface area contributed by atoms with Gasteiger partial charge in [0.15, 0.2) is 11.5 Å². The third kappa shape index (κ3) is 1.04. The molecule has 0 radical (unpaired) electrons. The molecule has 0 amide bonds. The summed E-state index contributed by atoms with van der Waals surface area (Å²) < 4.78 is 5.57. The number of benzene rings is 1. The van der Waals surface area contributed by atoms with E-state index in [-0.39, 0.29) is 6.04 Å². The van der Waals surface area contributed by atoms with E-state index in [1.807, 2.05) is 24.3 Å². The Morgan fingerprint density at radius 2 is 2.15 bits per heavy atom. The van der Waals surface area contributed by atoms with Crippen LogP contribution in [0.3, 0.4) is 0 Å². The summed E-state index contributed by atoms with van der Waals surface area (Å²) in [6.45, 7) is 0. The molecule has 1 aliphatic rings. The molecular weight excluding hydrogens is 164 g/mol. The Labute approximate surface area is 75.6 Å². The van der Waals surface area contributed by atoms with E-state index in [0.717, 1.165) is 23.4 Å². The quantitative estimate of drug-likeness (QED) is 0.715. The van der Waals surface area contributed by atoms with E-state index in [9.17, 15) is 0 Å². The van der Waals surface area contributed by atoms with E-state index < -0.39 is 0 Å². The fourth-order valence-electron chi connectivity index (χ4n) is 1.55. The number of nitrogens with two attached hydrogens (primary N) is 1. The average molecular weight is 174 g/mol. The lowest BCUT2D eigenvalue weighted by Gasteiger charge is -1.85. The van der Waals surface area contributed by atoms with Gasteiger partial charge in [0.25, 0.3) is 0 Å². The number of hydrogen-bond acceptors (Lipinski definition) is 3. The van der Waals surface area contributed by atoms with Crippen LogP contribution in [0.4, 0.5) is 0 Å². The molecule has 1 aromatic carbocycles. The zero-order valence-electron chi connectivity index (χ0n) is 7.10. The van der Waals surface area contributed by atoms with Crippen LogP contribution in [0.5, 0.6) is 0 Å². The first-order valence-electron chi connectivity index (χ1n) is 4.45. The maximum Gasteiger partial charge on any atom is 0.200 e. The van der Waals surface area contributed by atoms with E-state index in [2.05, 4.69) is 4.98 Å². The summed E-state index contributed by atoms with van der Waals surface area (Å²) in [5, 5.41) is 0. The fourth-order valence-corrected chi connectivity index (χ4v) is 1.55. The van der Waals surface area contributed by atoms with Crippen molar-refractivity contribution in [3.05, 3.63) is 30.2 Å². The minimum Gasteiger partial charge on any atom is -0.440 e. The van der Waals surface area contributed by atoms with Crippen LogP contribution in [-0.2, 0) is 0 Å². The Morgan fingerprint density at radius 3 is 2.85 bits per heavy atom. The van der Waals surface area contributed by atoms with Crippen LogP contribution in [0.1, 0.15) is 18.2 Å². The van der Waals surface area contributed by atoms with Crippen molar-refractivity contribution in [2.24, 2.45) is 5.73 Å². The summed E-state index contributed by atoms with van der Waals surface area (Å²) in [6.07, 6.45) is 1.01. The first kappa shape index (κ1) is 7.09. The summed E-state index contributed by atoms with van der Waals surface area (Å²) in [6, 6.07) is 8.05. The van der Waals surface area contributed by atoms with E-state index in [1.54, 1.807) is 0 Å². The average Bonchev–Trinajstić information content (AvgIpc) is 2.74. The molecule has 0 saturated heterocycles. The molecule has 0 spiro atoms. The van der Waals surface area contributed by atoms with Crippen molar-refractivity contribution in [1.29, 1.82) is 0 Å². The van der Waals surface area contributed by atoms with Crippen LogP contribution >= 0.6 is 0 Å². The zero-order valence-corrected chi connectivity index (χ0v) is 7.10. The highest BCUT2D eigenvalue weighted by Crippen LogP contribution is 2.39. The van der Waals surface area contributed by atoms with Crippen LogP contribution < -0.4 is 5.73 Å². The van der Waals surface area contributed by atoms with E-state index in [4.69, 9.17) is 10.2 Å². The maximum absolute atomic E-state index is 5.72. The van der Waals surface area contributed by atoms with Crippen molar-refractivity contribution in [1.82, 2.24) is 4.98 Å². The number of nitrogens with zero attached hydrogens (tertiary/aromatic N) is 1. The Hall–Kier alpha value is -1.35. The number of rotatable bonds is 1. The SMILES string of the molecule is NC1CC1c1nc2ccccc2o1. The molecule has 3 nitrogen and oxygen atoms in total. The molecule has 2 N–H and O–H groups in total. The number of para-hydroxylation sites is 2. The lowest BCUT2D eigenvalue weighted by atomic mass is 10.3. The Balaban J connectivity index is 2.12. The molecule has 66 valence electrons. The molecule has 2 unspecified atom stereocenters. The fraction of sp³-hybridized carbons (Fsp3) is 0.300. The summed E-state index contributed by atoms with van der Waals surface area (Å²) in [5.41, 5.74) is 7.51. The molecule has 2 aromatic rings. The van der Waals surface area contributed by atoms with Gasteiger partial charge in [-0.1, -0.05) is 12.1 Å². The second kappa shape index (κ2) is 2.33. The molecular formula is C10H10N2O. The van der Waals surface area contributed by atoms with Gasteiger partial charge in [-0.05, 0) is 18.6 Å². The first-order valence-corrected chi connectivity index (χ1v) is 4.45. The lowest BCUT2D eigenvalue weighted by Crippen LogP contribution is -2.00. The molecule has 3 rings (SSSR count). The van der Waals surface area contributed by atoms with Gasteiger partial charge in [0.05, 0.1) is 5.92 Å². The predicted molar refractivity (Wildman–Crippen MR) is 49.3 cm³/mol. The number of aromatic nitrogens is 1. The summed E-state index contributed by atoms with van der Waals surface area (Å²) in [4.78, 5) is 4.38. The Bertz CT molecular complexity index is 416. The van der Waals surface area contributed by atoms with Crippen molar-refractivity contribution < 1.29 is 4.42 Å². The molecule has 0 bridgehead atoms. The second-order valence-electron chi connectivity index (χ2n) is 3.53. The van der Waals surface area contributed by atoms with E-state index in [0.29, 0.717) is 5.92 Å². The molecule has 1 aliphatic carbocycles. The molecule has 1 aromatic heterocycles. The molecule has 0 aliphatic heterocycles. The van der Waals surface area contributed by atoms with Gasteiger partial charge in [0, 0.05) is 6.04 Å². The molecule has 3 heteroatoms. The number of hydrogen-bond donors (Lipinski definition) is 1. The minimum absolute atomic E-state index is 0.257. The van der Waals surface area contributed by atoms with Gasteiger partial charge in [-0.15, -0.1) is 0 Å². The van der Waals surface area contributed by atoms with Gasteiger partial charge < -0.3 is 10.2 Å². The standard InChI is InChI=1S/C10H10N2O/c11-7-5-6(7)10-12-8-3-1-2-4-9(8)13-10/h1-4,6-7H,5,11H2. The molecule has 1 fully saturated rings. The van der Waals surface area contributed by atoms with Gasteiger partial charge >= 0.3 is 0 Å². The molecule has 13 heavy (non-hydrogen) atoms. The van der Waals surface area contributed by atoms with Crippen LogP contribution in [0.25, 0.3) is 11.1 Å². The largest absolute Gasteiger partial charge is 0.440 e. The Kier molecular flexibility index (Phi) is 1.27.